The van der Waals surface area contributed by atoms with Crippen molar-refractivity contribution in [3.05, 3.63) is 12.2 Å². The molecule has 0 aromatic carbocycles. The molecule has 1 aliphatic heterocycles. The number of Topliss-reactive ketones (excluding diaryl/α,β-unsaturated/α-hetero) is 1. The van der Waals surface area contributed by atoms with Gasteiger partial charge in [0.15, 0.2) is 5.78 Å². The number of carbonyl (C=O) groups excluding carboxylic acids is 2. The summed E-state index contributed by atoms with van der Waals surface area (Å²) in [5, 5.41) is 0. The van der Waals surface area contributed by atoms with Gasteiger partial charge in [0.2, 0.25) is 0 Å². The normalized spacial score (nSPS) is 34.4. The summed E-state index contributed by atoms with van der Waals surface area (Å²) in [6.45, 7) is 13.2. The Labute approximate surface area is 175 Å². The highest BCUT2D eigenvalue weighted by Crippen LogP contribution is 2.54. The summed E-state index contributed by atoms with van der Waals surface area (Å²) in [7, 11) is 0. The molecule has 0 N–H and O–H groups in total. The maximum Gasteiger partial charge on any atom is 0.310 e. The molecular weight excluding hydrogens is 368 g/mol. The molecular formula is C24H38O5. The van der Waals surface area contributed by atoms with Crippen LogP contribution >= 0.6 is 0 Å². The minimum absolute atomic E-state index is 0.0170. The minimum Gasteiger partial charge on any atom is -0.460 e. The quantitative estimate of drug-likeness (QED) is 0.509. The first kappa shape index (κ1) is 22.5. The number of allylic oxidation sites excluding steroid dienone is 1. The Morgan fingerprint density at radius 3 is 2.59 bits per heavy atom. The Bertz CT molecular complexity index is 624. The molecule has 5 heteroatoms. The Morgan fingerprint density at radius 1 is 1.24 bits per heavy atom. The van der Waals surface area contributed by atoms with Gasteiger partial charge in [0.1, 0.15) is 12.2 Å². The van der Waals surface area contributed by atoms with Gasteiger partial charge < -0.3 is 14.2 Å². The summed E-state index contributed by atoms with van der Waals surface area (Å²) in [4.78, 5) is 25.1. The van der Waals surface area contributed by atoms with Crippen LogP contribution in [0, 0.1) is 23.2 Å². The van der Waals surface area contributed by atoms with E-state index in [4.69, 9.17) is 14.2 Å². The van der Waals surface area contributed by atoms with Crippen molar-refractivity contribution < 1.29 is 23.8 Å². The molecule has 3 aliphatic rings. The van der Waals surface area contributed by atoms with Gasteiger partial charge >= 0.3 is 5.97 Å². The lowest BCUT2D eigenvalue weighted by Crippen LogP contribution is -2.41. The summed E-state index contributed by atoms with van der Waals surface area (Å²) in [5.41, 5.74) is 0.598. The van der Waals surface area contributed by atoms with Gasteiger partial charge in [0.05, 0.1) is 25.2 Å². The second kappa shape index (κ2) is 8.89. The first-order valence-electron chi connectivity index (χ1n) is 11.2. The lowest BCUT2D eigenvalue weighted by Gasteiger charge is -2.37. The average molecular weight is 407 g/mol. The zero-order chi connectivity index (χ0) is 21.2. The van der Waals surface area contributed by atoms with E-state index in [-0.39, 0.29) is 47.6 Å². The zero-order valence-electron chi connectivity index (χ0n) is 18.6. The molecule has 1 saturated heterocycles. The molecule has 29 heavy (non-hydrogen) atoms. The lowest BCUT2D eigenvalue weighted by molar-refractivity contribution is -0.165. The first-order valence-corrected chi connectivity index (χ1v) is 11.2. The summed E-state index contributed by atoms with van der Waals surface area (Å²) in [6, 6.07) is 0. The predicted octanol–water partition coefficient (Wildman–Crippen LogP) is 4.48. The highest BCUT2D eigenvalue weighted by Gasteiger charge is 2.56. The molecule has 164 valence electrons. The van der Waals surface area contributed by atoms with Gasteiger partial charge in [-0.15, -0.1) is 0 Å². The first-order chi connectivity index (χ1) is 13.6. The van der Waals surface area contributed by atoms with Crippen molar-refractivity contribution in [1.82, 2.24) is 0 Å². The highest BCUT2D eigenvalue weighted by molar-refractivity contribution is 5.80. The molecule has 2 saturated carbocycles. The van der Waals surface area contributed by atoms with Gasteiger partial charge in [-0.3, -0.25) is 9.59 Å². The molecule has 0 aromatic heterocycles. The van der Waals surface area contributed by atoms with Crippen LogP contribution in [0.1, 0.15) is 72.6 Å². The van der Waals surface area contributed by atoms with E-state index in [1.165, 1.54) is 5.57 Å². The van der Waals surface area contributed by atoms with Gasteiger partial charge in [0, 0.05) is 17.8 Å². The Kier molecular flexibility index (Phi) is 6.89. The van der Waals surface area contributed by atoms with E-state index in [2.05, 4.69) is 13.5 Å². The van der Waals surface area contributed by atoms with Crippen molar-refractivity contribution >= 4 is 11.8 Å². The SMILES string of the molecule is C=C1CCC(OCC2C(C(=O)OC(C)(C)C)[C@H](C)CC23CCC(=O)COC3)CC1. The van der Waals surface area contributed by atoms with E-state index in [1.807, 2.05) is 20.8 Å². The van der Waals surface area contributed by atoms with Crippen LogP contribution < -0.4 is 0 Å². The fourth-order valence-corrected chi connectivity index (χ4v) is 5.50. The monoisotopic (exact) mass is 406 g/mol. The van der Waals surface area contributed by atoms with E-state index in [0.29, 0.717) is 19.6 Å². The van der Waals surface area contributed by atoms with Crippen molar-refractivity contribution in [3.63, 3.8) is 0 Å². The Balaban J connectivity index is 1.79. The van der Waals surface area contributed by atoms with E-state index >= 15 is 0 Å². The van der Waals surface area contributed by atoms with Gasteiger partial charge in [-0.05, 0) is 65.2 Å². The van der Waals surface area contributed by atoms with Gasteiger partial charge in [-0.1, -0.05) is 19.1 Å². The van der Waals surface area contributed by atoms with E-state index in [0.717, 1.165) is 38.5 Å². The van der Waals surface area contributed by atoms with Crippen molar-refractivity contribution in [1.29, 1.82) is 0 Å². The van der Waals surface area contributed by atoms with Gasteiger partial charge in [-0.2, -0.15) is 0 Å². The third kappa shape index (κ3) is 5.49. The highest BCUT2D eigenvalue weighted by atomic mass is 16.6. The maximum atomic E-state index is 13.2. The number of rotatable bonds is 4. The predicted molar refractivity (Wildman–Crippen MR) is 111 cm³/mol. The van der Waals surface area contributed by atoms with Crippen LogP contribution in [-0.4, -0.2) is 43.3 Å². The number of esters is 1. The molecule has 1 spiro atoms. The molecule has 2 aliphatic carbocycles. The Morgan fingerprint density at radius 2 is 1.93 bits per heavy atom. The molecule has 0 radical (unpaired) electrons. The maximum absolute atomic E-state index is 13.2. The largest absolute Gasteiger partial charge is 0.460 e. The third-order valence-electron chi connectivity index (χ3n) is 6.95. The molecule has 0 bridgehead atoms. The van der Waals surface area contributed by atoms with Crippen molar-refractivity contribution in [2.24, 2.45) is 23.2 Å². The van der Waals surface area contributed by atoms with Crippen LogP contribution in [0.4, 0.5) is 0 Å². The summed E-state index contributed by atoms with van der Waals surface area (Å²) < 4.78 is 18.0. The van der Waals surface area contributed by atoms with Crippen LogP contribution in [-0.2, 0) is 23.8 Å². The summed E-state index contributed by atoms with van der Waals surface area (Å²) in [6.07, 6.45) is 6.42. The molecule has 3 rings (SSSR count). The van der Waals surface area contributed by atoms with Crippen LogP contribution in [0.15, 0.2) is 12.2 Å². The van der Waals surface area contributed by atoms with E-state index in [9.17, 15) is 9.59 Å². The number of hydrogen-bond acceptors (Lipinski definition) is 5. The molecule has 0 amide bonds. The number of hydrogen-bond donors (Lipinski definition) is 0. The lowest BCUT2D eigenvalue weighted by atomic mass is 9.73. The van der Waals surface area contributed by atoms with Crippen molar-refractivity contribution in [2.45, 2.75) is 84.3 Å². The van der Waals surface area contributed by atoms with Crippen LogP contribution in [0.3, 0.4) is 0 Å². The average Bonchev–Trinajstić information content (AvgIpc) is 2.75. The molecule has 5 nitrogen and oxygen atoms in total. The van der Waals surface area contributed by atoms with Gasteiger partial charge in [-0.25, -0.2) is 0 Å². The molecule has 3 unspecified atom stereocenters. The zero-order valence-corrected chi connectivity index (χ0v) is 18.6. The topological polar surface area (TPSA) is 61.8 Å². The Hall–Kier alpha value is -1.20. The fourth-order valence-electron chi connectivity index (χ4n) is 5.50. The second-order valence-corrected chi connectivity index (χ2v) is 10.5. The van der Waals surface area contributed by atoms with Crippen molar-refractivity contribution in [2.75, 3.05) is 19.8 Å². The van der Waals surface area contributed by atoms with Gasteiger partial charge in [0.25, 0.3) is 0 Å². The van der Waals surface area contributed by atoms with Crippen LogP contribution in [0.5, 0.6) is 0 Å². The molecule has 1 heterocycles. The summed E-state index contributed by atoms with van der Waals surface area (Å²) in [5.74, 6) is -0.00174. The minimum atomic E-state index is -0.516. The second-order valence-electron chi connectivity index (χ2n) is 10.5. The van der Waals surface area contributed by atoms with Crippen molar-refractivity contribution in [3.8, 4) is 0 Å². The van der Waals surface area contributed by atoms with E-state index < -0.39 is 5.60 Å². The smallest absolute Gasteiger partial charge is 0.310 e. The van der Waals surface area contributed by atoms with Crippen LogP contribution in [0.2, 0.25) is 0 Å². The third-order valence-corrected chi connectivity index (χ3v) is 6.95. The number of ether oxygens (including phenoxy) is 3. The fraction of sp³-hybridized carbons (Fsp3) is 0.833. The molecule has 3 fully saturated rings. The number of carbonyl (C=O) groups is 2. The summed E-state index contributed by atoms with van der Waals surface area (Å²) >= 11 is 0. The molecule has 0 aromatic rings. The standard InChI is InChI=1S/C24H38O5/c1-16-6-8-19(9-7-16)28-14-20-21(22(26)29-23(3,4)5)17(2)12-24(20)11-10-18(25)13-27-15-24/h17,19-21H,1,6-15H2,2-5H3/t17-,20?,21?,24?/m1/s1. The molecule has 4 atom stereocenters. The number of ketones is 1. The van der Waals surface area contributed by atoms with Crippen LogP contribution in [0.25, 0.3) is 0 Å². The van der Waals surface area contributed by atoms with E-state index in [1.54, 1.807) is 0 Å².